The summed E-state index contributed by atoms with van der Waals surface area (Å²) in [5.41, 5.74) is -0.738. The Hall–Kier alpha value is -0.590. The minimum Gasteiger partial charge on any atom is -0.300 e. The molecule has 2 spiro atoms. The third-order valence-corrected chi connectivity index (χ3v) is 14.4. The van der Waals surface area contributed by atoms with Crippen molar-refractivity contribution in [1.29, 1.82) is 0 Å². The van der Waals surface area contributed by atoms with Crippen LogP contribution in [0.4, 0.5) is 0 Å². The molecule has 9 nitrogen and oxygen atoms in total. The molecule has 5 aliphatic carbocycles. The van der Waals surface area contributed by atoms with Crippen LogP contribution in [-0.4, -0.2) is 44.4 Å². The first-order chi connectivity index (χ1) is 18.7. The summed E-state index contributed by atoms with van der Waals surface area (Å²) in [5, 5.41) is 0. The molecule has 0 bridgehead atoms. The largest absolute Gasteiger partial charge is 0.397 e. The Bertz CT molecular complexity index is 1280. The van der Waals surface area contributed by atoms with Crippen LogP contribution in [0.5, 0.6) is 0 Å². The summed E-state index contributed by atoms with van der Waals surface area (Å²) in [6, 6.07) is 0. The van der Waals surface area contributed by atoms with Gasteiger partial charge in [0.25, 0.3) is 0 Å². The van der Waals surface area contributed by atoms with E-state index in [-0.39, 0.29) is 27.6 Å². The highest BCUT2D eigenvalue weighted by Gasteiger charge is 2.82. The topological polar surface area (TPSA) is 144 Å². The summed E-state index contributed by atoms with van der Waals surface area (Å²) in [7, 11) is -9.52. The maximum atomic E-state index is 12.8. The summed E-state index contributed by atoms with van der Waals surface area (Å²) in [6.45, 7) is 12.8. The van der Waals surface area contributed by atoms with E-state index in [1.54, 1.807) is 6.92 Å². The van der Waals surface area contributed by atoms with E-state index in [1.807, 2.05) is 0 Å². The van der Waals surface area contributed by atoms with Gasteiger partial charge in [0.15, 0.2) is 0 Å². The van der Waals surface area contributed by atoms with E-state index in [0.717, 1.165) is 51.4 Å². The molecule has 5 aliphatic rings. The minimum atomic E-state index is -4.77. The predicted octanol–water partition coefficient (Wildman–Crippen LogP) is 6.05. The summed E-state index contributed by atoms with van der Waals surface area (Å²) in [6.07, 6.45) is 8.65. The molecule has 5 fully saturated rings. The second kappa shape index (κ2) is 9.96. The lowest BCUT2D eigenvalue weighted by Gasteiger charge is -2.63. The molecule has 0 heterocycles. The van der Waals surface area contributed by atoms with Crippen LogP contribution in [0.15, 0.2) is 0 Å². The van der Waals surface area contributed by atoms with Crippen LogP contribution in [0.1, 0.15) is 112 Å². The van der Waals surface area contributed by atoms with Crippen LogP contribution in [0.3, 0.4) is 0 Å². The maximum absolute atomic E-state index is 12.8. The van der Waals surface area contributed by atoms with Crippen molar-refractivity contribution in [2.75, 3.05) is 6.61 Å². The normalized spacial score (nSPS) is 46.3. The summed E-state index contributed by atoms with van der Waals surface area (Å²) >= 11 is 0. The van der Waals surface area contributed by atoms with Crippen LogP contribution in [0.2, 0.25) is 0 Å². The van der Waals surface area contributed by atoms with Crippen molar-refractivity contribution in [3.63, 3.8) is 0 Å². The smallest absolute Gasteiger partial charge is 0.300 e. The summed E-state index contributed by atoms with van der Waals surface area (Å²) < 4.78 is 75.7. The zero-order chi connectivity index (χ0) is 30.4. The molecular formula is C30H50O9S2. The van der Waals surface area contributed by atoms with Gasteiger partial charge >= 0.3 is 20.8 Å². The molecule has 41 heavy (non-hydrogen) atoms. The van der Waals surface area contributed by atoms with Gasteiger partial charge < -0.3 is 0 Å². The molecule has 0 aromatic rings. The van der Waals surface area contributed by atoms with Crippen molar-refractivity contribution < 1.29 is 39.1 Å². The van der Waals surface area contributed by atoms with Crippen molar-refractivity contribution in [1.82, 2.24) is 0 Å². The first kappa shape index (κ1) is 31.8. The quantitative estimate of drug-likeness (QED) is 0.279. The van der Waals surface area contributed by atoms with Crippen LogP contribution in [-0.2, 0) is 34.0 Å². The van der Waals surface area contributed by atoms with E-state index in [4.69, 9.17) is 8.37 Å². The lowest BCUT2D eigenvalue weighted by atomic mass is 9.41. The Morgan fingerprint density at radius 3 is 2.05 bits per heavy atom. The fourth-order valence-corrected chi connectivity index (χ4v) is 12.9. The van der Waals surface area contributed by atoms with E-state index in [1.165, 1.54) is 0 Å². The van der Waals surface area contributed by atoms with Gasteiger partial charge in [-0.05, 0) is 109 Å². The molecule has 0 aromatic heterocycles. The molecule has 0 amide bonds. The second-order valence-corrected chi connectivity index (χ2v) is 17.9. The van der Waals surface area contributed by atoms with Gasteiger partial charge in [-0.25, -0.2) is 8.37 Å². The highest BCUT2D eigenvalue weighted by molar-refractivity contribution is 7.81. The first-order valence-electron chi connectivity index (χ1n) is 15.5. The van der Waals surface area contributed by atoms with Crippen LogP contribution in [0.25, 0.3) is 0 Å². The van der Waals surface area contributed by atoms with Gasteiger partial charge in [0.2, 0.25) is 0 Å². The predicted molar refractivity (Wildman–Crippen MR) is 153 cm³/mol. The third kappa shape index (κ3) is 4.96. The van der Waals surface area contributed by atoms with E-state index < -0.39 is 38.9 Å². The van der Waals surface area contributed by atoms with Gasteiger partial charge in [0.1, 0.15) is 5.78 Å². The number of hydrogen-bond acceptors (Lipinski definition) is 7. The van der Waals surface area contributed by atoms with E-state index in [2.05, 4.69) is 34.6 Å². The van der Waals surface area contributed by atoms with Gasteiger partial charge in [-0.1, -0.05) is 41.5 Å². The van der Waals surface area contributed by atoms with Crippen LogP contribution < -0.4 is 0 Å². The molecule has 0 saturated heterocycles. The zero-order valence-electron chi connectivity index (χ0n) is 25.5. The first-order valence-corrected chi connectivity index (χ1v) is 18.3. The van der Waals surface area contributed by atoms with Gasteiger partial charge in [0.05, 0.1) is 12.7 Å². The maximum Gasteiger partial charge on any atom is 0.397 e. The van der Waals surface area contributed by atoms with Crippen LogP contribution in [0, 0.1) is 56.7 Å². The number of rotatable bonds is 10. The van der Waals surface area contributed by atoms with E-state index in [9.17, 15) is 30.7 Å². The number of carbonyl (C=O) groups excluding carboxylic acids is 1. The molecule has 236 valence electrons. The molecular weight excluding hydrogens is 568 g/mol. The Kier molecular flexibility index (Phi) is 7.73. The van der Waals surface area contributed by atoms with Crippen molar-refractivity contribution in [2.45, 2.75) is 118 Å². The fourth-order valence-electron chi connectivity index (χ4n) is 11.9. The molecule has 11 heteroatoms. The number of fused-ring (bicyclic) bond motifs is 2. The van der Waals surface area contributed by atoms with Crippen molar-refractivity contribution in [3.05, 3.63) is 0 Å². The van der Waals surface area contributed by atoms with Gasteiger partial charge in [-0.3, -0.25) is 13.9 Å². The lowest BCUT2D eigenvalue weighted by molar-refractivity contribution is -0.168. The molecule has 5 saturated carbocycles. The minimum absolute atomic E-state index is 0.0637. The van der Waals surface area contributed by atoms with Gasteiger partial charge in [-0.2, -0.15) is 16.8 Å². The van der Waals surface area contributed by atoms with E-state index in [0.29, 0.717) is 48.7 Å². The molecule has 10 atom stereocenters. The number of ketones is 1. The highest BCUT2D eigenvalue weighted by atomic mass is 32.3. The third-order valence-electron chi connectivity index (χ3n) is 13.5. The van der Waals surface area contributed by atoms with Gasteiger partial charge in [0, 0.05) is 18.3 Å². The van der Waals surface area contributed by atoms with Crippen molar-refractivity contribution in [2.24, 2.45) is 56.7 Å². The summed E-state index contributed by atoms with van der Waals surface area (Å²) in [5.74, 6) is 2.03. The second-order valence-electron chi connectivity index (χ2n) is 15.7. The SMILES string of the molecule is CC(C)CC(=O)CC(C)[C@H]1CC[C@@]2(C)[C@@H]3CCC4[C@@]5(CC[C@H](OS(=O)(=O)O)[C@@]4(C)COS(=O)(=O)O)C[C@@]35CC[C@]12C. The number of Topliss-reactive ketones (excluding diaryl/α,β-unsaturated/α-hetero) is 1. The number of carbonyl (C=O) groups is 1. The lowest BCUT2D eigenvalue weighted by Crippen LogP contribution is -2.59. The zero-order valence-corrected chi connectivity index (χ0v) is 27.2. The molecule has 2 N–H and O–H groups in total. The average molecular weight is 619 g/mol. The van der Waals surface area contributed by atoms with Crippen molar-refractivity contribution in [3.8, 4) is 0 Å². The molecule has 0 aromatic carbocycles. The van der Waals surface area contributed by atoms with E-state index >= 15 is 0 Å². The van der Waals surface area contributed by atoms with Gasteiger partial charge in [-0.15, -0.1) is 0 Å². The Balaban J connectivity index is 1.42. The Morgan fingerprint density at radius 2 is 1.44 bits per heavy atom. The molecule has 0 aliphatic heterocycles. The summed E-state index contributed by atoms with van der Waals surface area (Å²) in [4.78, 5) is 12.8. The molecule has 2 unspecified atom stereocenters. The number of hydrogen-bond donors (Lipinski definition) is 2. The highest BCUT2D eigenvalue weighted by Crippen LogP contribution is 2.89. The van der Waals surface area contributed by atoms with Crippen molar-refractivity contribution >= 4 is 26.6 Å². The van der Waals surface area contributed by atoms with Crippen LogP contribution >= 0.6 is 0 Å². The fraction of sp³-hybridized carbons (Fsp3) is 0.967. The standard InChI is InChI=1S/C30H50O9S2/c1-19(2)15-21(31)16-20(3)22-9-11-28(6)24-8-7-23-26(4,18-38-40(32,33)34)25(39-41(35,36)37)10-12-29(23)17-30(24,29)14-13-27(22,28)5/h19-20,22-25H,7-18H2,1-6H3,(H,32,33,34)(H,35,36,37)/t20?,22-,23?,24+,25+,26+,27-,28+,29-,30+/m1/s1. The Labute approximate surface area is 246 Å². The Morgan fingerprint density at radius 1 is 0.805 bits per heavy atom. The monoisotopic (exact) mass is 618 g/mol. The molecule has 5 rings (SSSR count). The average Bonchev–Trinajstić information content (AvgIpc) is 3.40. The molecule has 0 radical (unpaired) electrons.